The molecule has 0 saturated carbocycles. The van der Waals surface area contributed by atoms with Crippen molar-refractivity contribution in [3.63, 3.8) is 0 Å². The number of nitrogens with one attached hydrogen (secondary N) is 2. The van der Waals surface area contributed by atoms with Crippen LogP contribution >= 0.6 is 11.6 Å². The molecule has 2 aromatic heterocycles. The van der Waals surface area contributed by atoms with Gasteiger partial charge in [0.1, 0.15) is 24.5 Å². The van der Waals surface area contributed by atoms with Gasteiger partial charge < -0.3 is 20.5 Å². The smallest absolute Gasteiger partial charge is 0.328 e. The molecule has 0 atom stereocenters. The molecule has 4 aromatic rings. The van der Waals surface area contributed by atoms with Gasteiger partial charge in [0, 0.05) is 35.1 Å². The molecule has 0 aliphatic rings. The van der Waals surface area contributed by atoms with Crippen LogP contribution < -0.4 is 15.4 Å². The minimum absolute atomic E-state index is 0.292. The summed E-state index contributed by atoms with van der Waals surface area (Å²) in [5.74, 6) is -0.758. The van der Waals surface area contributed by atoms with Crippen LogP contribution in [0.5, 0.6) is 5.75 Å². The van der Waals surface area contributed by atoms with Gasteiger partial charge >= 0.3 is 5.97 Å². The Bertz CT molecular complexity index is 1380. The highest BCUT2D eigenvalue weighted by Crippen LogP contribution is 2.31. The third-order valence-corrected chi connectivity index (χ3v) is 4.87. The number of pyridine rings is 1. The zero-order valence-corrected chi connectivity index (χ0v) is 18.4. The Morgan fingerprint density at radius 2 is 1.85 bits per heavy atom. The largest absolute Gasteiger partial charge is 0.486 e. The molecular formula is C24H18ClN5O4. The molecule has 4 rings (SSSR count). The van der Waals surface area contributed by atoms with Crippen LogP contribution in [0, 0.1) is 0 Å². The van der Waals surface area contributed by atoms with Gasteiger partial charge in [-0.3, -0.25) is 9.78 Å². The summed E-state index contributed by atoms with van der Waals surface area (Å²) in [4.78, 5) is 35.2. The van der Waals surface area contributed by atoms with E-state index in [1.807, 2.05) is 18.2 Å². The first-order valence-corrected chi connectivity index (χ1v) is 10.4. The maximum Gasteiger partial charge on any atom is 0.328 e. The number of rotatable bonds is 8. The number of halogens is 1. The van der Waals surface area contributed by atoms with Crippen LogP contribution in [-0.2, 0) is 16.2 Å². The average molecular weight is 476 g/mol. The highest BCUT2D eigenvalue weighted by molar-refractivity contribution is 6.32. The SMILES string of the molecule is O=C(O)C=CC(=O)Nc1ccc2ncnc(Nc3ccc(OCc4ccccn4)c(Cl)c3)c2c1. The zero-order chi connectivity index (χ0) is 23.9. The van der Waals surface area contributed by atoms with E-state index in [1.165, 1.54) is 6.33 Å². The van der Waals surface area contributed by atoms with Crippen molar-refractivity contribution >= 4 is 51.6 Å². The van der Waals surface area contributed by atoms with Crippen molar-refractivity contribution in [1.29, 1.82) is 0 Å². The third-order valence-electron chi connectivity index (χ3n) is 4.58. The van der Waals surface area contributed by atoms with Gasteiger partial charge in [-0.2, -0.15) is 0 Å². The molecule has 0 radical (unpaired) electrons. The molecule has 0 fully saturated rings. The number of amides is 1. The summed E-state index contributed by atoms with van der Waals surface area (Å²) < 4.78 is 5.76. The van der Waals surface area contributed by atoms with Gasteiger partial charge in [-0.05, 0) is 48.5 Å². The first-order valence-electron chi connectivity index (χ1n) is 10.0. The van der Waals surface area contributed by atoms with E-state index in [0.29, 0.717) is 45.5 Å². The summed E-state index contributed by atoms with van der Waals surface area (Å²) in [6, 6.07) is 15.9. The number of hydrogen-bond donors (Lipinski definition) is 3. The van der Waals surface area contributed by atoms with Crippen LogP contribution in [0.3, 0.4) is 0 Å². The zero-order valence-electron chi connectivity index (χ0n) is 17.6. The van der Waals surface area contributed by atoms with E-state index in [-0.39, 0.29) is 0 Å². The Labute approximate surface area is 199 Å². The second kappa shape index (κ2) is 10.4. The van der Waals surface area contributed by atoms with Crippen LogP contribution in [-0.4, -0.2) is 31.9 Å². The lowest BCUT2D eigenvalue weighted by atomic mass is 10.2. The number of aliphatic carboxylic acids is 1. The molecule has 0 unspecified atom stereocenters. The van der Waals surface area contributed by atoms with E-state index in [4.69, 9.17) is 21.4 Å². The molecule has 0 aliphatic carbocycles. The quantitative estimate of drug-likeness (QED) is 0.316. The lowest BCUT2D eigenvalue weighted by Gasteiger charge is -2.12. The highest BCUT2D eigenvalue weighted by atomic mass is 35.5. The van der Waals surface area contributed by atoms with E-state index in [0.717, 1.165) is 17.8 Å². The molecule has 0 bridgehead atoms. The highest BCUT2D eigenvalue weighted by Gasteiger charge is 2.09. The number of ether oxygens (including phenoxy) is 1. The standard InChI is InChI=1S/C24H18ClN5O4/c25-19-12-16(5-7-21(19)34-13-17-3-1-2-10-26-17)30-24-18-11-15(4-6-20(18)27-14-28-24)29-22(31)8-9-23(32)33/h1-12,14H,13H2,(H,29,31)(H,32,33)(H,27,28,30). The van der Waals surface area contributed by atoms with Gasteiger partial charge in [-0.1, -0.05) is 17.7 Å². The van der Waals surface area contributed by atoms with E-state index in [9.17, 15) is 9.59 Å². The van der Waals surface area contributed by atoms with Crippen molar-refractivity contribution in [1.82, 2.24) is 15.0 Å². The molecule has 2 heterocycles. The predicted molar refractivity (Wildman–Crippen MR) is 128 cm³/mol. The summed E-state index contributed by atoms with van der Waals surface area (Å²) in [5.41, 5.74) is 2.57. The fourth-order valence-electron chi connectivity index (χ4n) is 3.03. The monoisotopic (exact) mass is 475 g/mol. The molecule has 2 aromatic carbocycles. The Kier molecular flexibility index (Phi) is 6.95. The summed E-state index contributed by atoms with van der Waals surface area (Å²) in [6.07, 6.45) is 4.82. The van der Waals surface area contributed by atoms with Crippen molar-refractivity contribution in [3.8, 4) is 5.75 Å². The normalized spacial score (nSPS) is 10.9. The molecule has 0 saturated heterocycles. The fourth-order valence-corrected chi connectivity index (χ4v) is 3.27. The van der Waals surface area contributed by atoms with Crippen molar-refractivity contribution in [3.05, 3.63) is 90.0 Å². The lowest BCUT2D eigenvalue weighted by molar-refractivity contribution is -0.131. The van der Waals surface area contributed by atoms with Crippen molar-refractivity contribution < 1.29 is 19.4 Å². The first kappa shape index (κ1) is 22.7. The fraction of sp³-hybridized carbons (Fsp3) is 0.0417. The number of anilines is 3. The van der Waals surface area contributed by atoms with E-state index in [2.05, 4.69) is 25.6 Å². The lowest BCUT2D eigenvalue weighted by Crippen LogP contribution is -2.08. The number of fused-ring (bicyclic) bond motifs is 1. The first-order chi connectivity index (χ1) is 16.5. The molecule has 10 heteroatoms. The van der Waals surface area contributed by atoms with E-state index >= 15 is 0 Å². The number of carbonyl (C=O) groups excluding carboxylic acids is 1. The maximum atomic E-state index is 11.9. The molecular weight excluding hydrogens is 458 g/mol. The van der Waals surface area contributed by atoms with Crippen LogP contribution in [0.4, 0.5) is 17.2 Å². The molecule has 3 N–H and O–H groups in total. The van der Waals surface area contributed by atoms with Crippen LogP contribution in [0.15, 0.2) is 79.3 Å². The summed E-state index contributed by atoms with van der Waals surface area (Å²) in [5, 5.41) is 15.5. The number of nitrogens with zero attached hydrogens (tertiary/aromatic N) is 3. The van der Waals surface area contributed by atoms with Crippen LogP contribution in [0.2, 0.25) is 5.02 Å². The number of carbonyl (C=O) groups is 2. The number of benzene rings is 2. The molecule has 170 valence electrons. The second-order valence-electron chi connectivity index (χ2n) is 6.99. The second-order valence-corrected chi connectivity index (χ2v) is 7.40. The summed E-state index contributed by atoms with van der Waals surface area (Å²) in [6.45, 7) is 0.292. The van der Waals surface area contributed by atoms with Gasteiger partial charge in [0.2, 0.25) is 5.91 Å². The number of carboxylic acid groups (broad SMARTS) is 1. The topological polar surface area (TPSA) is 126 Å². The molecule has 0 aliphatic heterocycles. The Hall–Kier alpha value is -4.50. The van der Waals surface area contributed by atoms with E-state index < -0.39 is 11.9 Å². The Morgan fingerprint density at radius 1 is 1.00 bits per heavy atom. The molecule has 9 nitrogen and oxygen atoms in total. The number of carboxylic acids is 1. The Morgan fingerprint density at radius 3 is 2.62 bits per heavy atom. The predicted octanol–water partition coefficient (Wildman–Crippen LogP) is 4.58. The Balaban J connectivity index is 1.51. The number of hydrogen-bond acceptors (Lipinski definition) is 7. The summed E-state index contributed by atoms with van der Waals surface area (Å²) >= 11 is 6.40. The third kappa shape index (κ3) is 5.84. The minimum Gasteiger partial charge on any atom is -0.486 e. The van der Waals surface area contributed by atoms with E-state index in [1.54, 1.807) is 42.6 Å². The van der Waals surface area contributed by atoms with Crippen molar-refractivity contribution in [2.45, 2.75) is 6.61 Å². The molecule has 1 amide bonds. The summed E-state index contributed by atoms with van der Waals surface area (Å²) in [7, 11) is 0. The van der Waals surface area contributed by atoms with Gasteiger partial charge in [0.15, 0.2) is 0 Å². The van der Waals surface area contributed by atoms with Crippen LogP contribution in [0.1, 0.15) is 5.69 Å². The number of aromatic nitrogens is 3. The van der Waals surface area contributed by atoms with Crippen molar-refractivity contribution in [2.75, 3.05) is 10.6 Å². The molecule has 0 spiro atoms. The van der Waals surface area contributed by atoms with Gasteiger partial charge in [0.05, 0.1) is 16.2 Å². The minimum atomic E-state index is -1.21. The van der Waals surface area contributed by atoms with Gasteiger partial charge in [-0.25, -0.2) is 14.8 Å². The van der Waals surface area contributed by atoms with Gasteiger partial charge in [-0.15, -0.1) is 0 Å². The maximum absolute atomic E-state index is 11.9. The molecule has 34 heavy (non-hydrogen) atoms. The van der Waals surface area contributed by atoms with Crippen LogP contribution in [0.25, 0.3) is 10.9 Å². The van der Waals surface area contributed by atoms with Gasteiger partial charge in [0.25, 0.3) is 0 Å². The average Bonchev–Trinajstić information content (AvgIpc) is 2.83. The van der Waals surface area contributed by atoms with Crippen molar-refractivity contribution in [2.24, 2.45) is 0 Å².